The molecule has 0 fully saturated rings. The number of anilines is 1. The average molecular weight is 593 g/mol. The van der Waals surface area contributed by atoms with E-state index >= 15 is 0 Å². The molecule has 0 unspecified atom stereocenters. The van der Waals surface area contributed by atoms with Gasteiger partial charge in [0, 0.05) is 5.69 Å². The van der Waals surface area contributed by atoms with Gasteiger partial charge in [0.2, 0.25) is 5.82 Å². The third-order valence-corrected chi connectivity index (χ3v) is 6.69. The summed E-state index contributed by atoms with van der Waals surface area (Å²) in [4.78, 5) is 30.6. The standard InChI is InChI=1S/C33H25FN4O6/c1-41-26-11-6-12-27-24(26)17-30(44-27)32-37-25-10-4-3-9-23(25)33(40)38(32)35-18-20-13-14-28(29(15-20)42-2)43-19-31(39)36-22-8-5-7-21(34)16-22/h3-18H,19H2,1-2H3,(H,36,39). The molecule has 1 amide bonds. The highest BCUT2D eigenvalue weighted by atomic mass is 19.1. The van der Waals surface area contributed by atoms with Crippen molar-refractivity contribution in [2.45, 2.75) is 0 Å². The topological polar surface area (TPSA) is 117 Å². The predicted molar refractivity (Wildman–Crippen MR) is 164 cm³/mol. The molecule has 0 aliphatic heterocycles. The summed E-state index contributed by atoms with van der Waals surface area (Å²) >= 11 is 0. The van der Waals surface area contributed by atoms with Crippen LogP contribution in [-0.2, 0) is 4.79 Å². The predicted octanol–water partition coefficient (Wildman–Crippen LogP) is 5.87. The Morgan fingerprint density at radius 3 is 2.57 bits per heavy atom. The summed E-state index contributed by atoms with van der Waals surface area (Å²) in [5.74, 6) is 0.872. The van der Waals surface area contributed by atoms with E-state index in [1.807, 2.05) is 12.1 Å². The first-order valence-electron chi connectivity index (χ1n) is 13.4. The second kappa shape index (κ2) is 12.1. The number of benzene rings is 4. The number of rotatable bonds is 9. The van der Waals surface area contributed by atoms with Crippen LogP contribution < -0.4 is 25.1 Å². The molecule has 0 bridgehead atoms. The van der Waals surface area contributed by atoms with Gasteiger partial charge in [-0.1, -0.05) is 24.3 Å². The molecular weight excluding hydrogens is 567 g/mol. The van der Waals surface area contributed by atoms with Crippen LogP contribution in [0, 0.1) is 5.82 Å². The highest BCUT2D eigenvalue weighted by Gasteiger charge is 2.18. The highest BCUT2D eigenvalue weighted by molar-refractivity contribution is 5.92. The zero-order valence-electron chi connectivity index (χ0n) is 23.6. The normalized spacial score (nSPS) is 11.2. The monoisotopic (exact) mass is 592 g/mol. The number of amides is 1. The number of ether oxygens (including phenoxy) is 3. The smallest absolute Gasteiger partial charge is 0.282 e. The second-order valence-corrected chi connectivity index (χ2v) is 9.55. The first kappa shape index (κ1) is 28.2. The lowest BCUT2D eigenvalue weighted by Gasteiger charge is -2.12. The molecule has 0 spiro atoms. The van der Waals surface area contributed by atoms with Gasteiger partial charge < -0.3 is 23.9 Å². The minimum Gasteiger partial charge on any atom is -0.496 e. The molecule has 2 heterocycles. The summed E-state index contributed by atoms with van der Waals surface area (Å²) in [6.45, 7) is -0.329. The molecule has 0 saturated carbocycles. The minimum absolute atomic E-state index is 0.208. The van der Waals surface area contributed by atoms with Crippen molar-refractivity contribution in [1.29, 1.82) is 0 Å². The van der Waals surface area contributed by atoms with E-state index in [1.54, 1.807) is 67.8 Å². The van der Waals surface area contributed by atoms with E-state index in [0.717, 1.165) is 5.39 Å². The molecule has 2 aromatic heterocycles. The van der Waals surface area contributed by atoms with Gasteiger partial charge in [0.1, 0.15) is 17.1 Å². The van der Waals surface area contributed by atoms with Crippen LogP contribution in [0.5, 0.6) is 17.2 Å². The van der Waals surface area contributed by atoms with Gasteiger partial charge in [-0.15, -0.1) is 0 Å². The van der Waals surface area contributed by atoms with E-state index in [9.17, 15) is 14.0 Å². The molecule has 6 rings (SSSR count). The van der Waals surface area contributed by atoms with Crippen LogP contribution in [0.4, 0.5) is 10.1 Å². The van der Waals surface area contributed by atoms with Crippen molar-refractivity contribution < 1.29 is 27.8 Å². The van der Waals surface area contributed by atoms with E-state index in [4.69, 9.17) is 23.6 Å². The Bertz CT molecular complexity index is 2100. The lowest BCUT2D eigenvalue weighted by atomic mass is 10.2. The molecule has 10 nitrogen and oxygen atoms in total. The van der Waals surface area contributed by atoms with Crippen LogP contribution in [0.3, 0.4) is 0 Å². The molecule has 0 aliphatic carbocycles. The molecule has 44 heavy (non-hydrogen) atoms. The van der Waals surface area contributed by atoms with Crippen LogP contribution >= 0.6 is 0 Å². The van der Waals surface area contributed by atoms with Crippen LogP contribution in [0.2, 0.25) is 0 Å². The van der Waals surface area contributed by atoms with Crippen LogP contribution in [0.1, 0.15) is 5.56 Å². The summed E-state index contributed by atoms with van der Waals surface area (Å²) in [6, 6.07) is 24.7. The number of carbonyl (C=O) groups excluding carboxylic acids is 1. The molecule has 1 N–H and O–H groups in total. The SMILES string of the molecule is COc1cc(C=Nn2c(-c3cc4c(OC)cccc4o3)nc3ccccc3c2=O)ccc1OCC(=O)Nc1cccc(F)c1. The molecule has 6 aromatic rings. The van der Waals surface area contributed by atoms with Crippen LogP contribution in [-0.4, -0.2) is 42.6 Å². The van der Waals surface area contributed by atoms with Gasteiger partial charge in [-0.3, -0.25) is 9.59 Å². The third-order valence-electron chi connectivity index (χ3n) is 6.69. The van der Waals surface area contributed by atoms with Gasteiger partial charge in [-0.25, -0.2) is 9.37 Å². The van der Waals surface area contributed by atoms with Crippen LogP contribution in [0.25, 0.3) is 33.5 Å². The molecule has 220 valence electrons. The number of methoxy groups -OCH3 is 2. The molecular formula is C33H25FN4O6. The second-order valence-electron chi connectivity index (χ2n) is 9.55. The molecule has 4 aromatic carbocycles. The van der Waals surface area contributed by atoms with Crippen molar-refractivity contribution in [3.05, 3.63) is 113 Å². The molecule has 0 atom stereocenters. The fourth-order valence-electron chi connectivity index (χ4n) is 4.63. The summed E-state index contributed by atoms with van der Waals surface area (Å²) in [6.07, 6.45) is 1.48. The fraction of sp³-hybridized carbons (Fsp3) is 0.0909. The van der Waals surface area contributed by atoms with Gasteiger partial charge in [0.05, 0.1) is 36.7 Å². The highest BCUT2D eigenvalue weighted by Crippen LogP contribution is 2.33. The van der Waals surface area contributed by atoms with Crippen molar-refractivity contribution in [3.8, 4) is 28.8 Å². The summed E-state index contributed by atoms with van der Waals surface area (Å²) < 4.78 is 37.2. The third kappa shape index (κ3) is 5.71. The lowest BCUT2D eigenvalue weighted by Crippen LogP contribution is -2.20. The Labute approximate surface area is 249 Å². The van der Waals surface area contributed by atoms with Crippen molar-refractivity contribution in [1.82, 2.24) is 9.66 Å². The number of aromatic nitrogens is 2. The van der Waals surface area contributed by atoms with Crippen molar-refractivity contribution in [2.75, 3.05) is 26.1 Å². The largest absolute Gasteiger partial charge is 0.496 e. The number of hydrogen-bond acceptors (Lipinski definition) is 8. The van der Waals surface area contributed by atoms with E-state index in [1.165, 1.54) is 36.2 Å². The molecule has 0 saturated heterocycles. The van der Waals surface area contributed by atoms with Crippen LogP contribution in [0.15, 0.2) is 105 Å². The Morgan fingerprint density at radius 2 is 1.75 bits per heavy atom. The Balaban J connectivity index is 1.30. The molecule has 0 aliphatic rings. The Morgan fingerprint density at radius 1 is 0.932 bits per heavy atom. The summed E-state index contributed by atoms with van der Waals surface area (Å²) in [7, 11) is 3.03. The Hall–Kier alpha value is -5.97. The average Bonchev–Trinajstić information content (AvgIpc) is 3.48. The van der Waals surface area contributed by atoms with Gasteiger partial charge in [0.25, 0.3) is 11.5 Å². The van der Waals surface area contributed by atoms with Gasteiger partial charge in [-0.05, 0) is 72.3 Å². The van der Waals surface area contributed by atoms with Crippen molar-refractivity contribution in [3.63, 3.8) is 0 Å². The van der Waals surface area contributed by atoms with Gasteiger partial charge in [0.15, 0.2) is 23.9 Å². The number of nitrogens with one attached hydrogen (secondary N) is 1. The van der Waals surface area contributed by atoms with Crippen molar-refractivity contribution >= 4 is 39.7 Å². The van der Waals surface area contributed by atoms with E-state index < -0.39 is 11.7 Å². The number of hydrogen-bond donors (Lipinski definition) is 1. The maximum absolute atomic E-state index is 13.6. The number of furan rings is 1. The summed E-state index contributed by atoms with van der Waals surface area (Å²) in [5, 5.41) is 8.17. The number of nitrogens with zero attached hydrogens (tertiary/aromatic N) is 3. The lowest BCUT2D eigenvalue weighted by molar-refractivity contribution is -0.118. The first-order chi connectivity index (χ1) is 21.4. The van der Waals surface area contributed by atoms with Crippen molar-refractivity contribution in [2.24, 2.45) is 5.10 Å². The fourth-order valence-corrected chi connectivity index (χ4v) is 4.63. The zero-order valence-corrected chi connectivity index (χ0v) is 23.6. The maximum Gasteiger partial charge on any atom is 0.282 e. The number of para-hydroxylation sites is 1. The number of fused-ring (bicyclic) bond motifs is 2. The zero-order chi connectivity index (χ0) is 30.6. The molecule has 0 radical (unpaired) electrons. The van der Waals surface area contributed by atoms with E-state index in [2.05, 4.69) is 10.4 Å². The van der Waals surface area contributed by atoms with E-state index in [0.29, 0.717) is 50.7 Å². The molecule has 11 heteroatoms. The first-order valence-corrected chi connectivity index (χ1v) is 13.4. The Kier molecular flexibility index (Phi) is 7.75. The van der Waals surface area contributed by atoms with Gasteiger partial charge in [-0.2, -0.15) is 9.78 Å². The number of halogens is 1. The van der Waals surface area contributed by atoms with E-state index in [-0.39, 0.29) is 18.0 Å². The quantitative estimate of drug-likeness (QED) is 0.209. The van der Waals surface area contributed by atoms with Gasteiger partial charge >= 0.3 is 0 Å². The minimum atomic E-state index is -0.470. The maximum atomic E-state index is 13.6. The number of carbonyl (C=O) groups is 1. The summed E-state index contributed by atoms with van der Waals surface area (Å²) in [5.41, 5.74) is 1.58.